The minimum absolute atomic E-state index is 0.554. The standard InChI is InChI=1S/C13H11N5/c14-18-17-13-9-5-4-6-11(13)10-15-16-12-7-2-1-3-8-12/h1-10,16H/b15-10+. The molecular formula is C13H11N5. The fourth-order valence-corrected chi connectivity index (χ4v) is 1.42. The number of nitrogens with one attached hydrogen (secondary N) is 1. The monoisotopic (exact) mass is 237 g/mol. The molecular weight excluding hydrogens is 226 g/mol. The largest absolute Gasteiger partial charge is 0.279 e. The van der Waals surface area contributed by atoms with Gasteiger partial charge >= 0.3 is 0 Å². The van der Waals surface area contributed by atoms with Gasteiger partial charge in [-0.2, -0.15) is 5.10 Å². The third-order valence-corrected chi connectivity index (χ3v) is 2.26. The zero-order valence-electron chi connectivity index (χ0n) is 9.56. The zero-order chi connectivity index (χ0) is 12.6. The molecule has 0 unspecified atom stereocenters. The molecule has 0 aromatic heterocycles. The number of benzene rings is 2. The number of hydrazone groups is 1. The Labute approximate surface area is 104 Å². The molecule has 0 heterocycles. The van der Waals surface area contributed by atoms with Gasteiger partial charge in [0.05, 0.1) is 11.9 Å². The second kappa shape index (κ2) is 6.08. The van der Waals surface area contributed by atoms with Gasteiger partial charge in [0, 0.05) is 16.2 Å². The molecule has 0 saturated heterocycles. The Balaban J connectivity index is 2.12. The summed E-state index contributed by atoms with van der Waals surface area (Å²) in [5.74, 6) is 0. The smallest absolute Gasteiger partial charge is 0.0561 e. The van der Waals surface area contributed by atoms with Crippen LogP contribution in [0.5, 0.6) is 0 Å². The average molecular weight is 237 g/mol. The second-order valence-corrected chi connectivity index (χ2v) is 3.48. The van der Waals surface area contributed by atoms with E-state index in [4.69, 9.17) is 5.53 Å². The van der Waals surface area contributed by atoms with Gasteiger partial charge in [0.2, 0.25) is 0 Å². The predicted octanol–water partition coefficient (Wildman–Crippen LogP) is 4.07. The zero-order valence-corrected chi connectivity index (χ0v) is 9.56. The van der Waals surface area contributed by atoms with Crippen LogP contribution in [0.2, 0.25) is 0 Å². The lowest BCUT2D eigenvalue weighted by atomic mass is 10.2. The van der Waals surface area contributed by atoms with Crippen molar-refractivity contribution in [2.24, 2.45) is 10.2 Å². The number of nitrogens with zero attached hydrogens (tertiary/aromatic N) is 4. The molecule has 88 valence electrons. The summed E-state index contributed by atoms with van der Waals surface area (Å²) in [6.07, 6.45) is 1.62. The van der Waals surface area contributed by atoms with Crippen LogP contribution >= 0.6 is 0 Å². The number of azide groups is 1. The van der Waals surface area contributed by atoms with E-state index in [9.17, 15) is 0 Å². The Morgan fingerprint density at radius 1 is 1.00 bits per heavy atom. The van der Waals surface area contributed by atoms with Crippen LogP contribution < -0.4 is 5.43 Å². The van der Waals surface area contributed by atoms with Crippen molar-refractivity contribution < 1.29 is 0 Å². The third kappa shape index (κ3) is 3.10. The lowest BCUT2D eigenvalue weighted by molar-refractivity contribution is 1.34. The summed E-state index contributed by atoms with van der Waals surface area (Å²) in [5, 5.41) is 7.69. The summed E-state index contributed by atoms with van der Waals surface area (Å²) >= 11 is 0. The van der Waals surface area contributed by atoms with E-state index >= 15 is 0 Å². The number of hydrogen-bond donors (Lipinski definition) is 1. The van der Waals surface area contributed by atoms with Gasteiger partial charge in [-0.05, 0) is 17.7 Å². The molecule has 2 aromatic carbocycles. The Kier molecular flexibility index (Phi) is 3.95. The van der Waals surface area contributed by atoms with E-state index < -0.39 is 0 Å². The number of hydrogen-bond acceptors (Lipinski definition) is 3. The predicted molar refractivity (Wildman–Crippen MR) is 72.9 cm³/mol. The highest BCUT2D eigenvalue weighted by Gasteiger charge is 1.95. The Morgan fingerprint density at radius 2 is 1.72 bits per heavy atom. The topological polar surface area (TPSA) is 73.2 Å². The summed E-state index contributed by atoms with van der Waals surface area (Å²) in [6, 6.07) is 16.9. The Bertz CT molecular complexity index is 585. The van der Waals surface area contributed by atoms with E-state index in [2.05, 4.69) is 20.6 Å². The maximum Gasteiger partial charge on any atom is 0.0561 e. The molecule has 5 nitrogen and oxygen atoms in total. The van der Waals surface area contributed by atoms with E-state index in [0.717, 1.165) is 11.3 Å². The van der Waals surface area contributed by atoms with Crippen molar-refractivity contribution in [2.75, 3.05) is 5.43 Å². The van der Waals surface area contributed by atoms with Crippen molar-refractivity contribution in [3.05, 3.63) is 70.6 Å². The number of rotatable bonds is 4. The summed E-state index contributed by atoms with van der Waals surface area (Å²) in [5.41, 5.74) is 13.6. The maximum absolute atomic E-state index is 8.45. The van der Waals surface area contributed by atoms with Gasteiger partial charge in [0.25, 0.3) is 0 Å². The fraction of sp³-hybridized carbons (Fsp3) is 0. The van der Waals surface area contributed by atoms with Gasteiger partial charge < -0.3 is 0 Å². The highest BCUT2D eigenvalue weighted by atomic mass is 15.3. The van der Waals surface area contributed by atoms with E-state index in [1.807, 2.05) is 48.5 Å². The highest BCUT2D eigenvalue weighted by Crippen LogP contribution is 2.16. The first-order valence-corrected chi connectivity index (χ1v) is 5.38. The summed E-state index contributed by atoms with van der Waals surface area (Å²) in [7, 11) is 0. The molecule has 0 aliphatic rings. The molecule has 0 bridgehead atoms. The minimum atomic E-state index is 0.554. The van der Waals surface area contributed by atoms with Gasteiger partial charge in [0.15, 0.2) is 0 Å². The number of anilines is 1. The molecule has 0 spiro atoms. The van der Waals surface area contributed by atoms with E-state index in [1.54, 1.807) is 12.3 Å². The lowest BCUT2D eigenvalue weighted by Gasteiger charge is -2.00. The molecule has 0 atom stereocenters. The van der Waals surface area contributed by atoms with Crippen LogP contribution in [-0.2, 0) is 0 Å². The van der Waals surface area contributed by atoms with Crippen LogP contribution in [0.1, 0.15) is 5.56 Å². The maximum atomic E-state index is 8.45. The Hall–Kier alpha value is -2.78. The third-order valence-electron chi connectivity index (χ3n) is 2.26. The first-order valence-electron chi connectivity index (χ1n) is 5.38. The summed E-state index contributed by atoms with van der Waals surface area (Å²) < 4.78 is 0. The average Bonchev–Trinajstić information content (AvgIpc) is 2.42. The highest BCUT2D eigenvalue weighted by molar-refractivity contribution is 5.86. The van der Waals surface area contributed by atoms with Crippen LogP contribution in [0, 0.1) is 0 Å². The van der Waals surface area contributed by atoms with Crippen LogP contribution in [0.15, 0.2) is 64.8 Å². The molecule has 2 aromatic rings. The van der Waals surface area contributed by atoms with Crippen molar-refractivity contribution in [3.63, 3.8) is 0 Å². The quantitative estimate of drug-likeness (QED) is 0.281. The molecule has 2 rings (SSSR count). The van der Waals surface area contributed by atoms with Crippen LogP contribution in [-0.4, -0.2) is 6.21 Å². The molecule has 1 N–H and O–H groups in total. The van der Waals surface area contributed by atoms with E-state index in [1.165, 1.54) is 0 Å². The van der Waals surface area contributed by atoms with Crippen molar-refractivity contribution in [1.82, 2.24) is 0 Å². The first kappa shape index (κ1) is 11.7. The molecule has 0 amide bonds. The van der Waals surface area contributed by atoms with Crippen molar-refractivity contribution in [1.29, 1.82) is 0 Å². The molecule has 0 aliphatic carbocycles. The summed E-state index contributed by atoms with van der Waals surface area (Å²) in [4.78, 5) is 2.78. The molecule has 0 aliphatic heterocycles. The van der Waals surface area contributed by atoms with Crippen molar-refractivity contribution in [3.8, 4) is 0 Å². The minimum Gasteiger partial charge on any atom is -0.279 e. The van der Waals surface area contributed by atoms with Crippen LogP contribution in [0.3, 0.4) is 0 Å². The lowest BCUT2D eigenvalue weighted by Crippen LogP contribution is -1.90. The van der Waals surface area contributed by atoms with Gasteiger partial charge in [-0.1, -0.05) is 47.6 Å². The normalized spacial score (nSPS) is 10.0. The van der Waals surface area contributed by atoms with Crippen LogP contribution in [0.4, 0.5) is 11.4 Å². The molecule has 5 heteroatoms. The summed E-state index contributed by atoms with van der Waals surface area (Å²) in [6.45, 7) is 0. The fourth-order valence-electron chi connectivity index (χ4n) is 1.42. The van der Waals surface area contributed by atoms with Crippen LogP contribution in [0.25, 0.3) is 10.4 Å². The van der Waals surface area contributed by atoms with Gasteiger partial charge in [-0.25, -0.2) is 0 Å². The number of para-hydroxylation sites is 1. The van der Waals surface area contributed by atoms with Gasteiger partial charge in [-0.15, -0.1) is 0 Å². The molecule has 0 fully saturated rings. The van der Waals surface area contributed by atoms with Gasteiger partial charge in [-0.3, -0.25) is 5.43 Å². The molecule has 18 heavy (non-hydrogen) atoms. The van der Waals surface area contributed by atoms with E-state index in [0.29, 0.717) is 5.69 Å². The van der Waals surface area contributed by atoms with Crippen molar-refractivity contribution in [2.45, 2.75) is 0 Å². The van der Waals surface area contributed by atoms with Gasteiger partial charge in [0.1, 0.15) is 0 Å². The van der Waals surface area contributed by atoms with E-state index in [-0.39, 0.29) is 0 Å². The second-order valence-electron chi connectivity index (χ2n) is 3.48. The Morgan fingerprint density at radius 3 is 2.50 bits per heavy atom. The SMILES string of the molecule is [N-]=[N+]=Nc1ccccc1/C=N/Nc1ccccc1. The molecule has 0 saturated carbocycles. The first-order chi connectivity index (χ1) is 8.90. The molecule has 0 radical (unpaired) electrons. The van der Waals surface area contributed by atoms with Crippen molar-refractivity contribution >= 4 is 17.6 Å².